The predicted molar refractivity (Wildman–Crippen MR) is 87.1 cm³/mol. The van der Waals surface area contributed by atoms with Crippen molar-refractivity contribution in [2.45, 2.75) is 6.04 Å². The number of carbonyl (C=O) groups is 1. The van der Waals surface area contributed by atoms with E-state index in [1.165, 1.54) is 0 Å². The second-order valence-corrected chi connectivity index (χ2v) is 5.83. The molecule has 1 N–H and O–H groups in total. The number of hydrogen-bond acceptors (Lipinski definition) is 3. The Morgan fingerprint density at radius 1 is 1.22 bits per heavy atom. The number of amides is 1. The van der Waals surface area contributed by atoms with Crippen LogP contribution in [0.4, 0.5) is 5.95 Å². The lowest BCUT2D eigenvalue weighted by Crippen LogP contribution is -2.37. The summed E-state index contributed by atoms with van der Waals surface area (Å²) in [5.41, 5.74) is 2.45. The molecule has 3 aromatic rings. The van der Waals surface area contributed by atoms with Crippen LogP contribution >= 0.6 is 11.6 Å². The average Bonchev–Trinajstić information content (AvgIpc) is 2.91. The van der Waals surface area contributed by atoms with Gasteiger partial charge in [-0.05, 0) is 29.8 Å². The van der Waals surface area contributed by atoms with Crippen molar-refractivity contribution in [1.29, 1.82) is 5.26 Å². The molecule has 4 rings (SSSR count). The number of aromatic nitrogens is 2. The van der Waals surface area contributed by atoms with Crippen molar-refractivity contribution < 1.29 is 4.79 Å². The molecular weight excluding hydrogens is 312 g/mol. The number of anilines is 1. The Bertz CT molecular complexity index is 972. The van der Waals surface area contributed by atoms with Crippen LogP contribution in [0, 0.1) is 17.2 Å². The van der Waals surface area contributed by atoms with Crippen LogP contribution in [0.15, 0.2) is 48.5 Å². The third kappa shape index (κ3) is 2.07. The van der Waals surface area contributed by atoms with E-state index in [0.29, 0.717) is 11.0 Å². The molecule has 1 aliphatic heterocycles. The molecule has 0 saturated heterocycles. The Kier molecular flexibility index (Phi) is 3.07. The van der Waals surface area contributed by atoms with E-state index in [9.17, 15) is 10.1 Å². The van der Waals surface area contributed by atoms with Gasteiger partial charge < -0.3 is 4.57 Å². The molecule has 2 atom stereocenters. The Morgan fingerprint density at radius 2 is 2.04 bits per heavy atom. The maximum Gasteiger partial charge on any atom is 0.246 e. The van der Waals surface area contributed by atoms with E-state index < -0.39 is 12.0 Å². The van der Waals surface area contributed by atoms with Crippen LogP contribution in [0.25, 0.3) is 11.0 Å². The lowest BCUT2D eigenvalue weighted by atomic mass is 9.91. The highest BCUT2D eigenvalue weighted by Crippen LogP contribution is 2.38. The van der Waals surface area contributed by atoms with Crippen molar-refractivity contribution in [2.75, 3.05) is 5.32 Å². The van der Waals surface area contributed by atoms with Crippen molar-refractivity contribution in [2.24, 2.45) is 5.92 Å². The van der Waals surface area contributed by atoms with Gasteiger partial charge >= 0.3 is 0 Å². The monoisotopic (exact) mass is 322 g/mol. The van der Waals surface area contributed by atoms with Gasteiger partial charge in [0.25, 0.3) is 0 Å². The summed E-state index contributed by atoms with van der Waals surface area (Å²) >= 11 is 6.10. The Hall–Kier alpha value is -2.84. The lowest BCUT2D eigenvalue weighted by molar-refractivity contribution is -0.119. The van der Waals surface area contributed by atoms with E-state index in [4.69, 9.17) is 11.6 Å². The number of rotatable bonds is 1. The number of benzene rings is 2. The minimum Gasteiger partial charge on any atom is -0.300 e. The van der Waals surface area contributed by atoms with Gasteiger partial charge in [0.1, 0.15) is 0 Å². The molecule has 0 bridgehead atoms. The van der Waals surface area contributed by atoms with Crippen molar-refractivity contribution >= 4 is 34.5 Å². The summed E-state index contributed by atoms with van der Waals surface area (Å²) in [6, 6.07) is 16.5. The summed E-state index contributed by atoms with van der Waals surface area (Å²) in [7, 11) is 0. The van der Waals surface area contributed by atoms with Crippen LogP contribution in [0.1, 0.15) is 11.6 Å². The first-order valence-corrected chi connectivity index (χ1v) is 7.50. The zero-order chi connectivity index (χ0) is 16.0. The molecule has 23 heavy (non-hydrogen) atoms. The van der Waals surface area contributed by atoms with Gasteiger partial charge in [0.2, 0.25) is 11.9 Å². The largest absolute Gasteiger partial charge is 0.300 e. The number of nitrogens with one attached hydrogen (secondary N) is 1. The molecule has 1 aromatic heterocycles. The molecule has 2 aromatic carbocycles. The number of fused-ring (bicyclic) bond motifs is 3. The van der Waals surface area contributed by atoms with Crippen LogP contribution in [0.2, 0.25) is 5.02 Å². The summed E-state index contributed by atoms with van der Waals surface area (Å²) in [4.78, 5) is 16.8. The van der Waals surface area contributed by atoms with Gasteiger partial charge in [0.05, 0.1) is 23.1 Å². The Labute approximate surface area is 137 Å². The summed E-state index contributed by atoms with van der Waals surface area (Å²) < 4.78 is 1.90. The molecular formula is C17H11ClN4O. The quantitative estimate of drug-likeness (QED) is 0.746. The van der Waals surface area contributed by atoms with Crippen LogP contribution in [-0.2, 0) is 4.79 Å². The summed E-state index contributed by atoms with van der Waals surface area (Å²) in [6.45, 7) is 0. The smallest absolute Gasteiger partial charge is 0.246 e. The first-order valence-electron chi connectivity index (χ1n) is 7.12. The van der Waals surface area contributed by atoms with Gasteiger partial charge in [-0.2, -0.15) is 5.26 Å². The van der Waals surface area contributed by atoms with E-state index in [1.54, 1.807) is 12.1 Å². The molecule has 0 radical (unpaired) electrons. The summed E-state index contributed by atoms with van der Waals surface area (Å²) in [5.74, 6) is -0.744. The standard InChI is InChI=1S/C17H11ClN4O/c18-11-5-3-4-10(8-11)15-12(9-19)16(23)21-17-20-13-6-1-2-7-14(13)22(15)17/h1-8,12,15H,(H,20,21,23)/t12-,15+/m1/s1. The van der Waals surface area contributed by atoms with Gasteiger partial charge in [0.15, 0.2) is 5.92 Å². The van der Waals surface area contributed by atoms with E-state index in [-0.39, 0.29) is 5.91 Å². The number of imidazole rings is 1. The third-order valence-electron chi connectivity index (χ3n) is 4.04. The van der Waals surface area contributed by atoms with E-state index in [0.717, 1.165) is 16.6 Å². The molecule has 0 saturated carbocycles. The number of halogens is 1. The Morgan fingerprint density at radius 3 is 2.83 bits per heavy atom. The highest BCUT2D eigenvalue weighted by molar-refractivity contribution is 6.30. The third-order valence-corrected chi connectivity index (χ3v) is 4.27. The molecule has 1 aliphatic rings. The molecule has 2 heterocycles. The molecule has 6 heteroatoms. The van der Waals surface area contributed by atoms with Crippen LogP contribution in [0.3, 0.4) is 0 Å². The molecule has 5 nitrogen and oxygen atoms in total. The van der Waals surface area contributed by atoms with Gasteiger partial charge in [-0.25, -0.2) is 4.98 Å². The summed E-state index contributed by atoms with van der Waals surface area (Å²) in [5, 5.41) is 12.8. The highest BCUT2D eigenvalue weighted by atomic mass is 35.5. The first kappa shape index (κ1) is 13.8. The molecule has 1 amide bonds. The maximum atomic E-state index is 12.3. The zero-order valence-corrected chi connectivity index (χ0v) is 12.7. The molecule has 0 spiro atoms. The van der Waals surface area contributed by atoms with Gasteiger partial charge in [-0.1, -0.05) is 35.9 Å². The van der Waals surface area contributed by atoms with Gasteiger partial charge in [-0.3, -0.25) is 10.1 Å². The molecule has 0 fully saturated rings. The van der Waals surface area contributed by atoms with Gasteiger partial charge in [-0.15, -0.1) is 0 Å². The highest BCUT2D eigenvalue weighted by Gasteiger charge is 2.38. The zero-order valence-electron chi connectivity index (χ0n) is 11.9. The molecule has 0 unspecified atom stereocenters. The SMILES string of the molecule is N#C[C@H]1C(=O)Nc2nc3ccccc3n2[C@H]1c1cccc(Cl)c1. The fourth-order valence-corrected chi connectivity index (χ4v) is 3.25. The lowest BCUT2D eigenvalue weighted by Gasteiger charge is -2.30. The normalized spacial score (nSPS) is 19.9. The summed E-state index contributed by atoms with van der Waals surface area (Å²) in [6.07, 6.45) is 0. The van der Waals surface area contributed by atoms with Crippen molar-refractivity contribution in [3.8, 4) is 6.07 Å². The molecule has 112 valence electrons. The Balaban J connectivity index is 2.02. The van der Waals surface area contributed by atoms with E-state index in [1.807, 2.05) is 41.0 Å². The first-order chi connectivity index (χ1) is 11.2. The second-order valence-electron chi connectivity index (χ2n) is 5.39. The predicted octanol–water partition coefficient (Wildman–Crippen LogP) is 3.37. The van der Waals surface area contributed by atoms with Crippen molar-refractivity contribution in [3.05, 3.63) is 59.1 Å². The minimum atomic E-state index is -0.849. The van der Waals surface area contributed by atoms with Crippen molar-refractivity contribution in [3.63, 3.8) is 0 Å². The molecule has 0 aliphatic carbocycles. The average molecular weight is 323 g/mol. The number of nitriles is 1. The topological polar surface area (TPSA) is 70.7 Å². The number of carbonyl (C=O) groups excluding carboxylic acids is 1. The van der Waals surface area contributed by atoms with Crippen LogP contribution in [0.5, 0.6) is 0 Å². The fourth-order valence-electron chi connectivity index (χ4n) is 3.06. The van der Waals surface area contributed by atoms with E-state index in [2.05, 4.69) is 16.4 Å². The fraction of sp³-hybridized carbons (Fsp3) is 0.118. The van der Waals surface area contributed by atoms with E-state index >= 15 is 0 Å². The van der Waals surface area contributed by atoms with Crippen LogP contribution in [-0.4, -0.2) is 15.5 Å². The minimum absolute atomic E-state index is 0.347. The van der Waals surface area contributed by atoms with Gasteiger partial charge in [0, 0.05) is 5.02 Å². The maximum absolute atomic E-state index is 12.3. The van der Waals surface area contributed by atoms with Crippen LogP contribution < -0.4 is 5.32 Å². The van der Waals surface area contributed by atoms with Crippen molar-refractivity contribution in [1.82, 2.24) is 9.55 Å². The number of nitrogens with zero attached hydrogens (tertiary/aromatic N) is 3. The number of hydrogen-bond donors (Lipinski definition) is 1. The second kappa shape index (κ2) is 5.11. The number of para-hydroxylation sites is 2.